The quantitative estimate of drug-likeness (QED) is 0.420. The summed E-state index contributed by atoms with van der Waals surface area (Å²) in [4.78, 5) is 33.3. The minimum Gasteiger partial charge on any atom is -0.491 e. The number of carbonyl (C=O) groups is 1. The van der Waals surface area contributed by atoms with Crippen LogP contribution < -0.4 is 4.74 Å². The third-order valence-electron chi connectivity index (χ3n) is 4.51. The van der Waals surface area contributed by atoms with Gasteiger partial charge in [-0.3, -0.25) is 10.1 Å². The van der Waals surface area contributed by atoms with E-state index in [1.807, 2.05) is 13.8 Å². The van der Waals surface area contributed by atoms with Gasteiger partial charge in [-0.25, -0.2) is 14.8 Å². The number of benzene rings is 1. The second kappa shape index (κ2) is 10.9. The summed E-state index contributed by atoms with van der Waals surface area (Å²) >= 11 is 0. The molecule has 1 aromatic carbocycles. The maximum absolute atomic E-state index is 12.5. The van der Waals surface area contributed by atoms with Crippen LogP contribution in [0.3, 0.4) is 0 Å². The molecule has 0 aliphatic rings. The lowest BCUT2D eigenvalue weighted by Gasteiger charge is -2.27. The third kappa shape index (κ3) is 6.88. The van der Waals surface area contributed by atoms with Crippen LogP contribution in [0.25, 0.3) is 11.1 Å². The van der Waals surface area contributed by atoms with Crippen LogP contribution in [0.4, 0.5) is 10.5 Å². The number of carbonyl (C=O) groups excluding carboxylic acids is 1. The first kappa shape index (κ1) is 25.0. The molecular formula is C22H30N4O6. The average molecular weight is 447 g/mol. The Morgan fingerprint density at radius 1 is 1.12 bits per heavy atom. The van der Waals surface area contributed by atoms with Crippen LogP contribution in [0.1, 0.15) is 32.2 Å². The molecule has 0 aliphatic heterocycles. The normalized spacial score (nSPS) is 11.2. The Bertz CT molecular complexity index is 938. The van der Waals surface area contributed by atoms with Crippen LogP contribution in [-0.4, -0.2) is 64.9 Å². The molecule has 1 amide bonds. The van der Waals surface area contributed by atoms with Gasteiger partial charge in [0.25, 0.3) is 5.69 Å². The van der Waals surface area contributed by atoms with E-state index >= 15 is 0 Å². The molecule has 10 heteroatoms. The Hall–Kier alpha value is -3.27. The number of hydrogen-bond acceptors (Lipinski definition) is 8. The zero-order chi connectivity index (χ0) is 23.9. The maximum atomic E-state index is 12.5. The van der Waals surface area contributed by atoms with Gasteiger partial charge in [0.05, 0.1) is 18.1 Å². The molecule has 2 rings (SSSR count). The Balaban J connectivity index is 2.26. The number of aryl methyl sites for hydroxylation is 2. The van der Waals surface area contributed by atoms with E-state index in [4.69, 9.17) is 14.2 Å². The first-order valence-electron chi connectivity index (χ1n) is 10.2. The summed E-state index contributed by atoms with van der Waals surface area (Å²) in [6.07, 6.45) is 0.978. The lowest BCUT2D eigenvalue weighted by molar-refractivity contribution is -0.384. The lowest BCUT2D eigenvalue weighted by atomic mass is 10.0. The molecule has 1 heterocycles. The van der Waals surface area contributed by atoms with E-state index in [-0.39, 0.29) is 18.8 Å². The van der Waals surface area contributed by atoms with Crippen molar-refractivity contribution in [2.24, 2.45) is 0 Å². The number of nitro groups is 1. The SMILES string of the molecule is COCCN(CCOc1ccc([N+](=O)[O-])cc1-c1c(C)ncnc1C)C(=O)OC(C)(C)C. The monoisotopic (exact) mass is 446 g/mol. The van der Waals surface area contributed by atoms with Crippen molar-refractivity contribution in [3.63, 3.8) is 0 Å². The van der Waals surface area contributed by atoms with E-state index in [1.54, 1.807) is 33.9 Å². The standard InChI is InChI=1S/C22H30N4O6/c1-15-20(16(2)24-14-23-15)18-13-17(26(28)29)7-8-19(18)31-12-10-25(9-11-30-6)21(27)32-22(3,4)5/h7-8,13-14H,9-12H2,1-6H3. The second-order valence-corrected chi connectivity index (χ2v) is 8.17. The van der Waals surface area contributed by atoms with Gasteiger partial charge in [-0.15, -0.1) is 0 Å². The molecule has 0 saturated carbocycles. The molecule has 0 saturated heterocycles. The Labute approximate surface area is 187 Å². The molecule has 0 bridgehead atoms. The fraction of sp³-hybridized carbons (Fsp3) is 0.500. The van der Waals surface area contributed by atoms with Crippen molar-refractivity contribution < 1.29 is 23.9 Å². The van der Waals surface area contributed by atoms with Gasteiger partial charge in [-0.1, -0.05) is 0 Å². The average Bonchev–Trinajstić information content (AvgIpc) is 2.69. The highest BCUT2D eigenvalue weighted by Gasteiger charge is 2.23. The predicted octanol–water partition coefficient (Wildman–Crippen LogP) is 3.93. The summed E-state index contributed by atoms with van der Waals surface area (Å²) in [6, 6.07) is 4.38. The number of ether oxygens (including phenoxy) is 3. The van der Waals surface area contributed by atoms with Gasteiger partial charge >= 0.3 is 6.09 Å². The van der Waals surface area contributed by atoms with Crippen LogP contribution in [0.5, 0.6) is 5.75 Å². The fourth-order valence-electron chi connectivity index (χ4n) is 3.02. The van der Waals surface area contributed by atoms with Crippen molar-refractivity contribution in [2.75, 3.05) is 33.4 Å². The third-order valence-corrected chi connectivity index (χ3v) is 4.51. The van der Waals surface area contributed by atoms with Gasteiger partial charge in [0.2, 0.25) is 0 Å². The molecule has 0 atom stereocenters. The zero-order valence-electron chi connectivity index (χ0n) is 19.4. The van der Waals surface area contributed by atoms with E-state index in [1.165, 1.54) is 23.4 Å². The molecule has 1 aromatic heterocycles. The van der Waals surface area contributed by atoms with Gasteiger partial charge in [0, 0.05) is 48.3 Å². The number of methoxy groups -OCH3 is 1. The number of nitro benzene ring substituents is 1. The highest BCUT2D eigenvalue weighted by atomic mass is 16.6. The minimum atomic E-state index is -0.628. The molecule has 0 unspecified atom stereocenters. The molecule has 0 spiro atoms. The lowest BCUT2D eigenvalue weighted by Crippen LogP contribution is -2.40. The number of rotatable bonds is 9. The van der Waals surface area contributed by atoms with E-state index in [9.17, 15) is 14.9 Å². The van der Waals surface area contributed by atoms with Crippen LogP contribution in [-0.2, 0) is 9.47 Å². The number of hydrogen-bond donors (Lipinski definition) is 0. The summed E-state index contributed by atoms with van der Waals surface area (Å²) in [5.74, 6) is 0.437. The van der Waals surface area contributed by atoms with E-state index in [0.29, 0.717) is 41.4 Å². The summed E-state index contributed by atoms with van der Waals surface area (Å²) < 4.78 is 16.5. The predicted molar refractivity (Wildman–Crippen MR) is 119 cm³/mol. The van der Waals surface area contributed by atoms with Gasteiger partial charge in [-0.2, -0.15) is 0 Å². The highest BCUT2D eigenvalue weighted by Crippen LogP contribution is 2.36. The van der Waals surface area contributed by atoms with Crippen molar-refractivity contribution in [1.82, 2.24) is 14.9 Å². The molecule has 0 fully saturated rings. The largest absolute Gasteiger partial charge is 0.491 e. The Morgan fingerprint density at radius 3 is 2.31 bits per heavy atom. The smallest absolute Gasteiger partial charge is 0.410 e. The highest BCUT2D eigenvalue weighted by molar-refractivity contribution is 5.76. The Kier molecular flexibility index (Phi) is 8.48. The molecular weight excluding hydrogens is 416 g/mol. The molecule has 32 heavy (non-hydrogen) atoms. The zero-order valence-corrected chi connectivity index (χ0v) is 19.4. The van der Waals surface area contributed by atoms with Crippen molar-refractivity contribution in [3.8, 4) is 16.9 Å². The van der Waals surface area contributed by atoms with Crippen LogP contribution in [0.2, 0.25) is 0 Å². The van der Waals surface area contributed by atoms with Crippen molar-refractivity contribution >= 4 is 11.8 Å². The molecule has 174 valence electrons. The summed E-state index contributed by atoms with van der Waals surface area (Å²) in [7, 11) is 1.56. The summed E-state index contributed by atoms with van der Waals surface area (Å²) in [6.45, 7) is 10.1. The topological polar surface area (TPSA) is 117 Å². The van der Waals surface area contributed by atoms with Gasteiger partial charge in [0.1, 0.15) is 24.3 Å². The summed E-state index contributed by atoms with van der Waals surface area (Å²) in [5, 5.41) is 11.3. The number of aromatic nitrogens is 2. The fourth-order valence-corrected chi connectivity index (χ4v) is 3.02. The van der Waals surface area contributed by atoms with Crippen LogP contribution in [0, 0.1) is 24.0 Å². The van der Waals surface area contributed by atoms with Crippen LogP contribution >= 0.6 is 0 Å². The van der Waals surface area contributed by atoms with Crippen molar-refractivity contribution in [1.29, 1.82) is 0 Å². The number of non-ortho nitro benzene ring substituents is 1. The van der Waals surface area contributed by atoms with Gasteiger partial charge < -0.3 is 19.1 Å². The van der Waals surface area contributed by atoms with Crippen molar-refractivity contribution in [3.05, 3.63) is 46.0 Å². The molecule has 2 aromatic rings. The molecule has 0 aliphatic carbocycles. The van der Waals surface area contributed by atoms with E-state index < -0.39 is 16.6 Å². The summed E-state index contributed by atoms with van der Waals surface area (Å²) in [5.41, 5.74) is 1.86. The van der Waals surface area contributed by atoms with Gasteiger partial charge in [-0.05, 0) is 40.7 Å². The van der Waals surface area contributed by atoms with Crippen molar-refractivity contribution in [2.45, 2.75) is 40.2 Å². The second-order valence-electron chi connectivity index (χ2n) is 8.17. The van der Waals surface area contributed by atoms with E-state index in [0.717, 1.165) is 0 Å². The first-order chi connectivity index (χ1) is 15.0. The number of nitrogens with zero attached hydrogens (tertiary/aromatic N) is 4. The molecule has 0 radical (unpaired) electrons. The number of amides is 1. The Morgan fingerprint density at radius 2 is 1.75 bits per heavy atom. The maximum Gasteiger partial charge on any atom is 0.410 e. The minimum absolute atomic E-state index is 0.0644. The van der Waals surface area contributed by atoms with Crippen LogP contribution in [0.15, 0.2) is 24.5 Å². The molecule has 0 N–H and O–H groups in total. The first-order valence-corrected chi connectivity index (χ1v) is 10.2. The molecule has 10 nitrogen and oxygen atoms in total. The van der Waals surface area contributed by atoms with Gasteiger partial charge in [0.15, 0.2) is 0 Å². The van der Waals surface area contributed by atoms with E-state index in [2.05, 4.69) is 9.97 Å².